The highest BCUT2D eigenvalue weighted by Gasteiger charge is 2.09. The molecule has 8 nitrogen and oxygen atoms in total. The van der Waals surface area contributed by atoms with E-state index in [1.165, 1.54) is 5.56 Å². The van der Waals surface area contributed by atoms with E-state index in [1.54, 1.807) is 20.4 Å². The maximum absolute atomic E-state index is 5.37. The van der Waals surface area contributed by atoms with E-state index in [4.69, 9.17) is 14.5 Å². The second kappa shape index (κ2) is 10.4. The van der Waals surface area contributed by atoms with Gasteiger partial charge in [-0.15, -0.1) is 0 Å². The van der Waals surface area contributed by atoms with Crippen molar-refractivity contribution in [1.29, 1.82) is 0 Å². The molecular formula is C24H26N6O2. The van der Waals surface area contributed by atoms with Gasteiger partial charge in [0.2, 0.25) is 5.95 Å². The number of nitrogens with one attached hydrogen (secondary N) is 2. The van der Waals surface area contributed by atoms with Crippen molar-refractivity contribution in [2.24, 2.45) is 0 Å². The van der Waals surface area contributed by atoms with E-state index in [0.717, 1.165) is 47.7 Å². The molecule has 0 unspecified atom stereocenters. The average Bonchev–Trinajstić information content (AvgIpc) is 2.85. The Labute approximate surface area is 187 Å². The molecule has 0 fully saturated rings. The number of hydrogen-bond donors (Lipinski definition) is 2. The van der Waals surface area contributed by atoms with Crippen molar-refractivity contribution < 1.29 is 9.47 Å². The van der Waals surface area contributed by atoms with E-state index in [0.29, 0.717) is 18.1 Å². The smallest absolute Gasteiger partial charge is 0.226 e. The van der Waals surface area contributed by atoms with E-state index in [1.807, 2.05) is 54.9 Å². The summed E-state index contributed by atoms with van der Waals surface area (Å²) in [5, 5.41) is 7.60. The number of ether oxygens (including phenoxy) is 2. The maximum Gasteiger partial charge on any atom is 0.226 e. The lowest BCUT2D eigenvalue weighted by Crippen LogP contribution is -2.10. The van der Waals surface area contributed by atoms with E-state index in [9.17, 15) is 0 Å². The van der Waals surface area contributed by atoms with Gasteiger partial charge in [-0.2, -0.15) is 9.97 Å². The molecule has 0 saturated heterocycles. The second-order valence-electron chi connectivity index (χ2n) is 7.23. The summed E-state index contributed by atoms with van der Waals surface area (Å²) < 4.78 is 10.7. The minimum absolute atomic E-state index is 0.552. The van der Waals surface area contributed by atoms with Gasteiger partial charge in [-0.3, -0.25) is 4.98 Å². The van der Waals surface area contributed by atoms with Gasteiger partial charge < -0.3 is 20.1 Å². The lowest BCUT2D eigenvalue weighted by molar-refractivity contribution is 0.393. The quantitative estimate of drug-likeness (QED) is 0.363. The lowest BCUT2D eigenvalue weighted by Gasteiger charge is -2.13. The van der Waals surface area contributed by atoms with Crippen LogP contribution >= 0.6 is 0 Å². The fourth-order valence-electron chi connectivity index (χ4n) is 3.37. The normalized spacial score (nSPS) is 10.7. The van der Waals surface area contributed by atoms with Crippen LogP contribution in [0.25, 0.3) is 11.0 Å². The molecule has 3 aromatic heterocycles. The highest BCUT2D eigenvalue weighted by molar-refractivity contribution is 5.87. The Balaban J connectivity index is 1.47. The van der Waals surface area contributed by atoms with E-state index < -0.39 is 0 Å². The highest BCUT2D eigenvalue weighted by atomic mass is 16.5. The lowest BCUT2D eigenvalue weighted by atomic mass is 10.1. The fraction of sp³-hybridized carbons (Fsp3) is 0.250. The van der Waals surface area contributed by atoms with Crippen LogP contribution in [0, 0.1) is 0 Å². The molecule has 32 heavy (non-hydrogen) atoms. The predicted octanol–water partition coefficient (Wildman–Crippen LogP) is 4.09. The summed E-state index contributed by atoms with van der Waals surface area (Å²) >= 11 is 0. The number of fused-ring (bicyclic) bond motifs is 1. The Morgan fingerprint density at radius 3 is 2.38 bits per heavy atom. The number of nitrogens with zero attached hydrogens (tertiary/aromatic N) is 4. The molecule has 4 rings (SSSR count). The number of methoxy groups -OCH3 is 2. The summed E-state index contributed by atoms with van der Waals surface area (Å²) in [6, 6.07) is 13.7. The Kier molecular flexibility index (Phi) is 6.91. The number of rotatable bonds is 10. The second-order valence-corrected chi connectivity index (χ2v) is 7.23. The van der Waals surface area contributed by atoms with Crippen molar-refractivity contribution in [3.05, 3.63) is 72.2 Å². The van der Waals surface area contributed by atoms with Crippen LogP contribution in [0.3, 0.4) is 0 Å². The number of aryl methyl sites for hydroxylation is 1. The first kappa shape index (κ1) is 21.3. The number of aromatic nitrogens is 4. The molecule has 0 aliphatic heterocycles. The van der Waals surface area contributed by atoms with Crippen molar-refractivity contribution >= 4 is 22.8 Å². The molecule has 8 heteroatoms. The van der Waals surface area contributed by atoms with Crippen LogP contribution in [0.4, 0.5) is 11.8 Å². The van der Waals surface area contributed by atoms with Crippen LogP contribution < -0.4 is 20.1 Å². The van der Waals surface area contributed by atoms with Gasteiger partial charge in [0.15, 0.2) is 5.65 Å². The summed E-state index contributed by atoms with van der Waals surface area (Å²) in [5.74, 6) is 2.76. The van der Waals surface area contributed by atoms with Gasteiger partial charge in [-0.05, 0) is 60.4 Å². The minimum Gasteiger partial charge on any atom is -0.497 e. The van der Waals surface area contributed by atoms with Crippen LogP contribution in [-0.4, -0.2) is 40.7 Å². The molecule has 0 atom stereocenters. The molecule has 0 saturated carbocycles. The third-order valence-electron chi connectivity index (χ3n) is 5.02. The van der Waals surface area contributed by atoms with Crippen LogP contribution in [0.2, 0.25) is 0 Å². The van der Waals surface area contributed by atoms with Crippen molar-refractivity contribution in [2.75, 3.05) is 31.4 Å². The molecule has 0 aliphatic rings. The third-order valence-corrected chi connectivity index (χ3v) is 5.02. The molecule has 3 heterocycles. The van der Waals surface area contributed by atoms with Gasteiger partial charge in [0.1, 0.15) is 17.3 Å². The third kappa shape index (κ3) is 5.40. The van der Waals surface area contributed by atoms with Crippen LogP contribution in [0.5, 0.6) is 11.5 Å². The molecule has 4 aromatic rings. The Bertz CT molecular complexity index is 1150. The Morgan fingerprint density at radius 1 is 0.844 bits per heavy atom. The fourth-order valence-corrected chi connectivity index (χ4v) is 3.37. The summed E-state index contributed by atoms with van der Waals surface area (Å²) in [6.07, 6.45) is 7.29. The number of benzene rings is 1. The first-order valence-corrected chi connectivity index (χ1v) is 10.5. The Hall–Kier alpha value is -3.94. The highest BCUT2D eigenvalue weighted by Crippen LogP contribution is 2.25. The SMILES string of the molecule is COc1cc(CNc2nc(NCCCc3ccncc3)nc3ncccc23)cc(OC)c1. The number of anilines is 2. The molecule has 1 aromatic carbocycles. The largest absolute Gasteiger partial charge is 0.497 e. The van der Waals surface area contributed by atoms with E-state index in [-0.39, 0.29) is 0 Å². The van der Waals surface area contributed by atoms with Crippen LogP contribution in [0.1, 0.15) is 17.5 Å². The maximum atomic E-state index is 5.37. The molecule has 0 bridgehead atoms. The average molecular weight is 431 g/mol. The number of pyridine rings is 2. The summed E-state index contributed by atoms with van der Waals surface area (Å²) in [6.45, 7) is 1.31. The minimum atomic E-state index is 0.552. The van der Waals surface area contributed by atoms with Gasteiger partial charge in [0, 0.05) is 37.7 Å². The summed E-state index contributed by atoms with van der Waals surface area (Å²) in [5.41, 5.74) is 2.92. The first-order valence-electron chi connectivity index (χ1n) is 10.5. The van der Waals surface area contributed by atoms with Crippen LogP contribution in [-0.2, 0) is 13.0 Å². The molecule has 164 valence electrons. The topological polar surface area (TPSA) is 94.1 Å². The zero-order chi connectivity index (χ0) is 22.2. The van der Waals surface area contributed by atoms with E-state index in [2.05, 4.69) is 25.6 Å². The molecule has 0 amide bonds. The van der Waals surface area contributed by atoms with Gasteiger partial charge in [-0.25, -0.2) is 4.98 Å². The van der Waals surface area contributed by atoms with Gasteiger partial charge in [-0.1, -0.05) is 0 Å². The molecule has 2 N–H and O–H groups in total. The molecular weight excluding hydrogens is 404 g/mol. The van der Waals surface area contributed by atoms with Crippen molar-refractivity contribution in [1.82, 2.24) is 19.9 Å². The Morgan fingerprint density at radius 2 is 1.62 bits per heavy atom. The van der Waals surface area contributed by atoms with Gasteiger partial charge >= 0.3 is 0 Å². The van der Waals surface area contributed by atoms with Crippen molar-refractivity contribution in [2.45, 2.75) is 19.4 Å². The van der Waals surface area contributed by atoms with Crippen LogP contribution in [0.15, 0.2) is 61.1 Å². The number of hydrogen-bond acceptors (Lipinski definition) is 8. The zero-order valence-corrected chi connectivity index (χ0v) is 18.2. The monoisotopic (exact) mass is 430 g/mol. The van der Waals surface area contributed by atoms with Crippen molar-refractivity contribution in [3.63, 3.8) is 0 Å². The standard InChI is InChI=1S/C24H26N6O2/c1-31-19-13-18(14-20(15-19)32-2)16-28-23-21-6-4-9-26-22(21)29-24(30-23)27-10-3-5-17-7-11-25-12-8-17/h4,6-9,11-15H,3,5,10,16H2,1-2H3,(H2,26,27,28,29,30). The summed E-state index contributed by atoms with van der Waals surface area (Å²) in [7, 11) is 3.28. The van der Waals surface area contributed by atoms with Crippen molar-refractivity contribution in [3.8, 4) is 11.5 Å². The first-order chi connectivity index (χ1) is 15.7. The van der Waals surface area contributed by atoms with E-state index >= 15 is 0 Å². The molecule has 0 aliphatic carbocycles. The zero-order valence-electron chi connectivity index (χ0n) is 18.2. The van der Waals surface area contributed by atoms with Gasteiger partial charge in [0.05, 0.1) is 19.6 Å². The molecule has 0 spiro atoms. The summed E-state index contributed by atoms with van der Waals surface area (Å²) in [4.78, 5) is 17.7. The predicted molar refractivity (Wildman–Crippen MR) is 125 cm³/mol. The molecule has 0 radical (unpaired) electrons. The van der Waals surface area contributed by atoms with Gasteiger partial charge in [0.25, 0.3) is 0 Å².